The molecule has 20 heavy (non-hydrogen) atoms. The number of rotatable bonds is 7. The first kappa shape index (κ1) is 16.5. The first-order valence-electron chi connectivity index (χ1n) is 7.61. The molecule has 0 aromatic carbocycles. The molecule has 5 nitrogen and oxygen atoms in total. The summed E-state index contributed by atoms with van der Waals surface area (Å²) >= 11 is 0. The first-order chi connectivity index (χ1) is 9.60. The van der Waals surface area contributed by atoms with Crippen molar-refractivity contribution in [1.29, 1.82) is 0 Å². The molecule has 0 spiro atoms. The Bertz CT molecular complexity index is 434. The maximum absolute atomic E-state index is 4.66. The number of nitrogens with one attached hydrogen (secondary N) is 2. The summed E-state index contributed by atoms with van der Waals surface area (Å²) in [6.45, 7) is 11.0. The lowest BCUT2D eigenvalue weighted by molar-refractivity contribution is 0.683. The zero-order valence-corrected chi connectivity index (χ0v) is 13.6. The molecule has 1 aromatic heterocycles. The van der Waals surface area contributed by atoms with E-state index in [9.17, 15) is 0 Å². The van der Waals surface area contributed by atoms with E-state index in [0.29, 0.717) is 6.54 Å². The van der Waals surface area contributed by atoms with Crippen LogP contribution in [-0.4, -0.2) is 28.8 Å². The maximum atomic E-state index is 4.66. The second-order valence-corrected chi connectivity index (χ2v) is 5.10. The van der Waals surface area contributed by atoms with Crippen LogP contribution in [0.1, 0.15) is 50.1 Å². The van der Waals surface area contributed by atoms with Crippen molar-refractivity contribution in [3.05, 3.63) is 17.0 Å². The van der Waals surface area contributed by atoms with Crippen LogP contribution in [0.5, 0.6) is 0 Å². The zero-order chi connectivity index (χ0) is 15.0. The van der Waals surface area contributed by atoms with Crippen LogP contribution in [0, 0.1) is 13.8 Å². The van der Waals surface area contributed by atoms with E-state index in [1.54, 1.807) is 0 Å². The van der Waals surface area contributed by atoms with Gasteiger partial charge < -0.3 is 10.6 Å². The summed E-state index contributed by atoms with van der Waals surface area (Å²) < 4.78 is 1.92. The molecule has 114 valence electrons. The van der Waals surface area contributed by atoms with Gasteiger partial charge in [0.05, 0.1) is 12.2 Å². The molecule has 0 aliphatic heterocycles. The number of aryl methyl sites for hydroxylation is 2. The van der Waals surface area contributed by atoms with E-state index < -0.39 is 0 Å². The number of aliphatic imine (C=N–C) groups is 1. The standard InChI is InChI=1S/C15H29N5/c1-6-8-9-10-17-15(16-7-2)18-11-14-12(3)19-20(5)13(14)4/h6-11H2,1-5H3,(H2,16,17,18). The predicted octanol–water partition coefficient (Wildman–Crippen LogP) is 2.28. The van der Waals surface area contributed by atoms with E-state index in [-0.39, 0.29) is 0 Å². The summed E-state index contributed by atoms with van der Waals surface area (Å²) in [5, 5.41) is 11.1. The van der Waals surface area contributed by atoms with Crippen molar-refractivity contribution in [3.63, 3.8) is 0 Å². The molecule has 1 aromatic rings. The summed E-state index contributed by atoms with van der Waals surface area (Å²) in [5.74, 6) is 0.895. The molecule has 0 fully saturated rings. The molecule has 0 aliphatic rings. The quantitative estimate of drug-likeness (QED) is 0.457. The highest BCUT2D eigenvalue weighted by molar-refractivity contribution is 5.79. The molecule has 1 heterocycles. The maximum Gasteiger partial charge on any atom is 0.191 e. The van der Waals surface area contributed by atoms with Crippen LogP contribution < -0.4 is 10.6 Å². The van der Waals surface area contributed by atoms with Gasteiger partial charge in [0.2, 0.25) is 0 Å². The van der Waals surface area contributed by atoms with Crippen molar-refractivity contribution < 1.29 is 0 Å². The molecule has 0 amide bonds. The lowest BCUT2D eigenvalue weighted by Gasteiger charge is -2.11. The average Bonchev–Trinajstić information content (AvgIpc) is 2.66. The highest BCUT2D eigenvalue weighted by atomic mass is 15.3. The van der Waals surface area contributed by atoms with E-state index in [1.165, 1.54) is 30.5 Å². The van der Waals surface area contributed by atoms with E-state index >= 15 is 0 Å². The Hall–Kier alpha value is -1.52. The monoisotopic (exact) mass is 279 g/mol. The average molecular weight is 279 g/mol. The Kier molecular flexibility index (Phi) is 7.12. The SMILES string of the molecule is CCCCCNC(=NCc1c(C)nn(C)c1C)NCC. The number of guanidine groups is 1. The molecule has 0 saturated carbocycles. The lowest BCUT2D eigenvalue weighted by Crippen LogP contribution is -2.37. The van der Waals surface area contributed by atoms with Gasteiger partial charge in [-0.05, 0) is 27.2 Å². The fraction of sp³-hybridized carbons (Fsp3) is 0.733. The van der Waals surface area contributed by atoms with Crippen molar-refractivity contribution >= 4 is 5.96 Å². The molecular weight excluding hydrogens is 250 g/mol. The normalized spacial score (nSPS) is 11.8. The molecule has 0 aliphatic carbocycles. The fourth-order valence-corrected chi connectivity index (χ4v) is 2.13. The van der Waals surface area contributed by atoms with Crippen molar-refractivity contribution in [2.75, 3.05) is 13.1 Å². The van der Waals surface area contributed by atoms with Crippen LogP contribution in [0.3, 0.4) is 0 Å². The van der Waals surface area contributed by atoms with Gasteiger partial charge in [-0.25, -0.2) is 4.99 Å². The molecule has 0 atom stereocenters. The number of unbranched alkanes of at least 4 members (excludes halogenated alkanes) is 2. The number of aromatic nitrogens is 2. The topological polar surface area (TPSA) is 54.2 Å². The van der Waals surface area contributed by atoms with Crippen LogP contribution in [-0.2, 0) is 13.6 Å². The Balaban J connectivity index is 2.61. The third-order valence-electron chi connectivity index (χ3n) is 3.47. The van der Waals surface area contributed by atoms with Crippen LogP contribution in [0.2, 0.25) is 0 Å². The largest absolute Gasteiger partial charge is 0.357 e. The second-order valence-electron chi connectivity index (χ2n) is 5.10. The molecule has 0 unspecified atom stereocenters. The van der Waals surface area contributed by atoms with Crippen LogP contribution in [0.4, 0.5) is 0 Å². The van der Waals surface area contributed by atoms with Gasteiger partial charge in [-0.2, -0.15) is 5.10 Å². The summed E-state index contributed by atoms with van der Waals surface area (Å²) in [6, 6.07) is 0. The highest BCUT2D eigenvalue weighted by Gasteiger charge is 2.08. The van der Waals surface area contributed by atoms with Gasteiger partial charge in [0.25, 0.3) is 0 Å². The predicted molar refractivity (Wildman–Crippen MR) is 85.0 cm³/mol. The minimum absolute atomic E-state index is 0.675. The Morgan fingerprint density at radius 1 is 1.20 bits per heavy atom. The summed E-state index contributed by atoms with van der Waals surface area (Å²) in [4.78, 5) is 4.66. The molecule has 0 saturated heterocycles. The Morgan fingerprint density at radius 2 is 1.95 bits per heavy atom. The van der Waals surface area contributed by atoms with Crippen LogP contribution in [0.25, 0.3) is 0 Å². The van der Waals surface area contributed by atoms with E-state index in [4.69, 9.17) is 0 Å². The number of nitrogens with zero attached hydrogens (tertiary/aromatic N) is 3. The molecule has 5 heteroatoms. The van der Waals surface area contributed by atoms with Gasteiger partial charge in [0.15, 0.2) is 5.96 Å². The summed E-state index contributed by atoms with van der Waals surface area (Å²) in [6.07, 6.45) is 3.68. The fourth-order valence-electron chi connectivity index (χ4n) is 2.13. The molecular formula is C15H29N5. The minimum Gasteiger partial charge on any atom is -0.357 e. The van der Waals surface area contributed by atoms with Crippen LogP contribution >= 0.6 is 0 Å². The minimum atomic E-state index is 0.675. The summed E-state index contributed by atoms with van der Waals surface area (Å²) in [7, 11) is 1.98. The van der Waals surface area contributed by atoms with E-state index in [2.05, 4.69) is 41.5 Å². The third-order valence-corrected chi connectivity index (χ3v) is 3.47. The van der Waals surface area contributed by atoms with Crippen molar-refractivity contribution in [1.82, 2.24) is 20.4 Å². The molecule has 0 radical (unpaired) electrons. The zero-order valence-electron chi connectivity index (χ0n) is 13.6. The first-order valence-corrected chi connectivity index (χ1v) is 7.61. The van der Waals surface area contributed by atoms with Crippen LogP contribution in [0.15, 0.2) is 4.99 Å². The molecule has 1 rings (SSSR count). The van der Waals surface area contributed by atoms with Gasteiger partial charge >= 0.3 is 0 Å². The van der Waals surface area contributed by atoms with Gasteiger partial charge in [0.1, 0.15) is 0 Å². The van der Waals surface area contributed by atoms with Gasteiger partial charge in [0, 0.05) is 31.4 Å². The molecule has 0 bridgehead atoms. The third kappa shape index (κ3) is 4.87. The number of hydrogen-bond acceptors (Lipinski definition) is 2. The second kappa shape index (κ2) is 8.61. The number of hydrogen-bond donors (Lipinski definition) is 2. The van der Waals surface area contributed by atoms with Gasteiger partial charge in [-0.3, -0.25) is 4.68 Å². The van der Waals surface area contributed by atoms with Crippen molar-refractivity contribution in [2.45, 2.75) is 53.5 Å². The Morgan fingerprint density at radius 3 is 2.50 bits per heavy atom. The lowest BCUT2D eigenvalue weighted by atomic mass is 10.2. The van der Waals surface area contributed by atoms with E-state index in [1.807, 2.05) is 18.7 Å². The summed E-state index contributed by atoms with van der Waals surface area (Å²) in [5.41, 5.74) is 3.47. The van der Waals surface area contributed by atoms with Gasteiger partial charge in [-0.1, -0.05) is 19.8 Å². The molecule has 2 N–H and O–H groups in total. The highest BCUT2D eigenvalue weighted by Crippen LogP contribution is 2.12. The Labute approximate surface area is 122 Å². The smallest absolute Gasteiger partial charge is 0.191 e. The van der Waals surface area contributed by atoms with Crippen molar-refractivity contribution in [2.24, 2.45) is 12.0 Å². The van der Waals surface area contributed by atoms with E-state index in [0.717, 1.165) is 24.7 Å². The van der Waals surface area contributed by atoms with Crippen molar-refractivity contribution in [3.8, 4) is 0 Å². The van der Waals surface area contributed by atoms with Gasteiger partial charge in [-0.15, -0.1) is 0 Å².